The summed E-state index contributed by atoms with van der Waals surface area (Å²) in [6.07, 6.45) is 0.723. The predicted octanol–water partition coefficient (Wildman–Crippen LogP) is 2.96. The third-order valence-electron chi connectivity index (χ3n) is 3.09. The number of benzene rings is 1. The van der Waals surface area contributed by atoms with Gasteiger partial charge in [0.1, 0.15) is 6.04 Å². The highest BCUT2D eigenvalue weighted by Crippen LogP contribution is 2.27. The Bertz CT molecular complexity index is 733. The van der Waals surface area contributed by atoms with Crippen LogP contribution in [0.15, 0.2) is 18.2 Å². The first kappa shape index (κ1) is 12.7. The number of nitrogens with zero attached hydrogens (tertiary/aromatic N) is 1. The van der Waals surface area contributed by atoms with Crippen LogP contribution in [0.3, 0.4) is 0 Å². The molecule has 98 valence electrons. The number of thiazole rings is 1. The molecule has 1 amide bonds. The quantitative estimate of drug-likeness (QED) is 0.837. The number of carbonyl (C=O) groups excluding carboxylic acids is 1. The van der Waals surface area contributed by atoms with Gasteiger partial charge in [-0.15, -0.1) is 11.3 Å². The van der Waals surface area contributed by atoms with Gasteiger partial charge in [-0.25, -0.2) is 0 Å². The second kappa shape index (κ2) is 4.66. The van der Waals surface area contributed by atoms with E-state index in [2.05, 4.69) is 10.3 Å². The van der Waals surface area contributed by atoms with E-state index < -0.39 is 0 Å². The molecule has 1 fully saturated rings. The molecule has 1 aromatic carbocycles. The van der Waals surface area contributed by atoms with Crippen LogP contribution in [-0.4, -0.2) is 22.0 Å². The second-order valence-corrected chi connectivity index (χ2v) is 6.38. The molecule has 4 nitrogen and oxygen atoms in total. The van der Waals surface area contributed by atoms with Crippen molar-refractivity contribution in [3.63, 3.8) is 0 Å². The second-order valence-electron chi connectivity index (χ2n) is 4.28. The van der Waals surface area contributed by atoms with Gasteiger partial charge in [-0.2, -0.15) is 0 Å². The van der Waals surface area contributed by atoms with E-state index in [1.165, 1.54) is 11.3 Å². The van der Waals surface area contributed by atoms with Crippen molar-refractivity contribution < 1.29 is 4.79 Å². The molecule has 0 spiro atoms. The number of hydrogen-bond acceptors (Lipinski definition) is 4. The Morgan fingerprint density at radius 1 is 1.42 bits per heavy atom. The van der Waals surface area contributed by atoms with Crippen molar-refractivity contribution in [1.82, 2.24) is 10.3 Å². The Balaban J connectivity index is 2.06. The van der Waals surface area contributed by atoms with Gasteiger partial charge >= 0.3 is 0 Å². The molecule has 2 N–H and O–H groups in total. The predicted molar refractivity (Wildman–Crippen MR) is 84.3 cm³/mol. The lowest BCUT2D eigenvalue weighted by molar-refractivity contribution is -0.118. The van der Waals surface area contributed by atoms with Gasteiger partial charge in [-0.1, -0.05) is 6.92 Å². The molecule has 0 radical (unpaired) electrons. The number of amides is 1. The Labute approximate surface area is 124 Å². The zero-order chi connectivity index (χ0) is 13.6. The van der Waals surface area contributed by atoms with Gasteiger partial charge in [0, 0.05) is 0 Å². The Morgan fingerprint density at radius 3 is 2.89 bits per heavy atom. The highest BCUT2D eigenvalue weighted by atomic mass is 32.1. The zero-order valence-corrected chi connectivity index (χ0v) is 12.5. The molecule has 19 heavy (non-hydrogen) atoms. The van der Waals surface area contributed by atoms with Crippen LogP contribution in [-0.2, 0) is 4.79 Å². The van der Waals surface area contributed by atoms with Crippen LogP contribution in [0.1, 0.15) is 13.3 Å². The highest BCUT2D eigenvalue weighted by Gasteiger charge is 2.35. The van der Waals surface area contributed by atoms with E-state index in [0.717, 1.165) is 26.3 Å². The Kier molecular flexibility index (Phi) is 3.12. The number of nitrogens with one attached hydrogen (secondary N) is 2. The molecule has 0 bridgehead atoms. The number of rotatable bonds is 2. The molecule has 1 aromatic heterocycles. The smallest absolute Gasteiger partial charge is 0.255 e. The first-order chi connectivity index (χ1) is 9.10. The molecule has 2 heterocycles. The fraction of sp³-hybridized carbons (Fsp3) is 0.250. The van der Waals surface area contributed by atoms with Crippen molar-refractivity contribution >= 4 is 62.7 Å². The minimum atomic E-state index is -0.215. The lowest BCUT2D eigenvalue weighted by Crippen LogP contribution is -2.30. The summed E-state index contributed by atoms with van der Waals surface area (Å²) in [5, 5.41) is 3.51. The van der Waals surface area contributed by atoms with Crippen LogP contribution < -0.4 is 10.2 Å². The van der Waals surface area contributed by atoms with Crippen molar-refractivity contribution in [3.8, 4) is 0 Å². The molecule has 1 aliphatic rings. The van der Waals surface area contributed by atoms with Gasteiger partial charge in [0.15, 0.2) is 9.07 Å². The zero-order valence-electron chi connectivity index (χ0n) is 10.1. The van der Waals surface area contributed by atoms with Crippen LogP contribution in [0.5, 0.6) is 0 Å². The number of anilines is 1. The summed E-state index contributed by atoms with van der Waals surface area (Å²) in [4.78, 5) is 16.9. The first-order valence-electron chi connectivity index (χ1n) is 5.87. The van der Waals surface area contributed by atoms with Crippen molar-refractivity contribution in [3.05, 3.63) is 22.2 Å². The summed E-state index contributed by atoms with van der Waals surface area (Å²) in [5.41, 5.74) is 1.77. The van der Waals surface area contributed by atoms with Crippen molar-refractivity contribution in [2.24, 2.45) is 0 Å². The van der Waals surface area contributed by atoms with E-state index in [1.807, 2.05) is 25.1 Å². The normalized spacial score (nSPS) is 19.2. The lowest BCUT2D eigenvalue weighted by Gasteiger charge is -2.14. The average Bonchev–Trinajstić information content (AvgIpc) is 2.87. The molecule has 1 aliphatic heterocycles. The molecule has 0 saturated carbocycles. The van der Waals surface area contributed by atoms with E-state index >= 15 is 0 Å². The molecular formula is C12H11N3OS3. The maximum absolute atomic E-state index is 12.2. The van der Waals surface area contributed by atoms with Gasteiger partial charge in [0.05, 0.1) is 15.9 Å². The fourth-order valence-electron chi connectivity index (χ4n) is 2.13. The largest absolute Gasteiger partial charge is 0.350 e. The monoisotopic (exact) mass is 309 g/mol. The minimum Gasteiger partial charge on any atom is -0.350 e. The number of aromatic nitrogens is 1. The van der Waals surface area contributed by atoms with Gasteiger partial charge in [-0.05, 0) is 49.1 Å². The van der Waals surface area contributed by atoms with Gasteiger partial charge < -0.3 is 10.3 Å². The average molecular weight is 309 g/mol. The Morgan fingerprint density at radius 2 is 2.21 bits per heavy atom. The topological polar surface area (TPSA) is 48.1 Å². The third-order valence-corrected chi connectivity index (χ3v) is 4.59. The SMILES string of the molecule is CCC1NC(=S)N(c2ccc3[nH]c(=S)sc3c2)C1=O. The maximum Gasteiger partial charge on any atom is 0.255 e. The summed E-state index contributed by atoms with van der Waals surface area (Å²) < 4.78 is 1.75. The number of aromatic amines is 1. The number of H-pyrrole nitrogens is 1. The summed E-state index contributed by atoms with van der Waals surface area (Å²) in [6, 6.07) is 5.53. The number of fused-ring (bicyclic) bond motifs is 1. The molecule has 0 aliphatic carbocycles. The van der Waals surface area contributed by atoms with Crippen molar-refractivity contribution in [2.75, 3.05) is 4.90 Å². The van der Waals surface area contributed by atoms with Crippen LogP contribution in [0, 0.1) is 3.95 Å². The van der Waals surface area contributed by atoms with Crippen LogP contribution in [0.4, 0.5) is 5.69 Å². The molecule has 2 aromatic rings. The Hall–Kier alpha value is -1.31. The molecule has 1 saturated heterocycles. The summed E-state index contributed by atoms with van der Waals surface area (Å²) in [6.45, 7) is 1.96. The molecular weight excluding hydrogens is 298 g/mol. The number of hydrogen-bond donors (Lipinski definition) is 2. The summed E-state index contributed by atoms with van der Waals surface area (Å²) >= 11 is 11.9. The lowest BCUT2D eigenvalue weighted by atomic mass is 10.2. The third kappa shape index (κ3) is 2.07. The summed E-state index contributed by atoms with van der Waals surface area (Å²) in [5.74, 6) is 0.00554. The summed E-state index contributed by atoms with van der Waals surface area (Å²) in [7, 11) is 0. The molecule has 3 rings (SSSR count). The van der Waals surface area contributed by atoms with E-state index in [4.69, 9.17) is 24.4 Å². The van der Waals surface area contributed by atoms with Crippen LogP contribution >= 0.6 is 35.8 Å². The van der Waals surface area contributed by atoms with E-state index in [1.54, 1.807) is 4.90 Å². The molecule has 1 atom stereocenters. The van der Waals surface area contributed by atoms with Gasteiger partial charge in [0.2, 0.25) is 0 Å². The number of carbonyl (C=O) groups is 1. The van der Waals surface area contributed by atoms with Gasteiger partial charge in [0.25, 0.3) is 5.91 Å². The fourth-order valence-corrected chi connectivity index (χ4v) is 3.61. The van der Waals surface area contributed by atoms with E-state index in [0.29, 0.717) is 5.11 Å². The van der Waals surface area contributed by atoms with Crippen molar-refractivity contribution in [1.29, 1.82) is 0 Å². The standard InChI is InChI=1S/C12H11N3OS3/c1-2-7-10(16)15(11(17)13-7)6-3-4-8-9(5-6)19-12(18)14-8/h3-5,7H,2H2,1H3,(H,13,17)(H,14,18). The van der Waals surface area contributed by atoms with E-state index in [9.17, 15) is 4.79 Å². The van der Waals surface area contributed by atoms with E-state index in [-0.39, 0.29) is 11.9 Å². The maximum atomic E-state index is 12.2. The molecule has 1 unspecified atom stereocenters. The van der Waals surface area contributed by atoms with Crippen LogP contribution in [0.2, 0.25) is 0 Å². The minimum absolute atomic E-state index is 0.00554. The van der Waals surface area contributed by atoms with Gasteiger partial charge in [-0.3, -0.25) is 9.69 Å². The highest BCUT2D eigenvalue weighted by molar-refractivity contribution is 7.80. The molecule has 7 heteroatoms. The van der Waals surface area contributed by atoms with Crippen LogP contribution in [0.25, 0.3) is 10.2 Å². The first-order valence-corrected chi connectivity index (χ1v) is 7.51. The van der Waals surface area contributed by atoms with Crippen molar-refractivity contribution in [2.45, 2.75) is 19.4 Å². The number of thiocarbonyl (C=S) groups is 1.